The Morgan fingerprint density at radius 3 is 2.17 bits per heavy atom. The van der Waals surface area contributed by atoms with Crippen molar-refractivity contribution >= 4 is 17.9 Å². The van der Waals surface area contributed by atoms with Gasteiger partial charge in [-0.2, -0.15) is 0 Å². The number of benzene rings is 1. The lowest BCUT2D eigenvalue weighted by Gasteiger charge is -2.36. The predicted molar refractivity (Wildman–Crippen MR) is 139 cm³/mol. The zero-order chi connectivity index (χ0) is 26.3. The summed E-state index contributed by atoms with van der Waals surface area (Å²) < 4.78 is 5.45. The lowest BCUT2D eigenvalue weighted by atomic mass is 9.98. The van der Waals surface area contributed by atoms with E-state index in [2.05, 4.69) is 24.5 Å². The number of hydrogen-bond donors (Lipinski definition) is 2. The summed E-state index contributed by atoms with van der Waals surface area (Å²) >= 11 is 0. The zero-order valence-electron chi connectivity index (χ0n) is 22.8. The van der Waals surface area contributed by atoms with Crippen molar-refractivity contribution in [2.75, 3.05) is 0 Å². The Hall–Kier alpha value is -2.57. The van der Waals surface area contributed by atoms with Crippen molar-refractivity contribution in [3.8, 4) is 0 Å². The third kappa shape index (κ3) is 8.86. The summed E-state index contributed by atoms with van der Waals surface area (Å²) in [5.74, 6) is 0.00872. The van der Waals surface area contributed by atoms with Gasteiger partial charge in [-0.25, -0.2) is 4.79 Å². The number of carbonyl (C=O) groups is 3. The van der Waals surface area contributed by atoms with E-state index in [0.29, 0.717) is 6.42 Å². The van der Waals surface area contributed by atoms with Gasteiger partial charge in [0.05, 0.1) is 0 Å². The van der Waals surface area contributed by atoms with E-state index < -0.39 is 23.8 Å². The molecule has 0 heterocycles. The quantitative estimate of drug-likeness (QED) is 0.449. The molecule has 0 bridgehead atoms. The summed E-state index contributed by atoms with van der Waals surface area (Å²) in [4.78, 5) is 42.1. The van der Waals surface area contributed by atoms with Gasteiger partial charge in [0.1, 0.15) is 17.7 Å². The van der Waals surface area contributed by atoms with Crippen LogP contribution in [0.3, 0.4) is 0 Å². The standard InChI is InChI=1S/C28H45N3O4/c1-9-13-20(5)29-25(32)24(21-14-11-10-12-15-21)31(23-17-19(23)4)26(33)22(16-18(2)3)30-27(34)35-28(6,7)8/h10-12,14-15,18-20,22-24H,9,13,16-17H2,1-8H3,(H,29,32)(H,30,34). The van der Waals surface area contributed by atoms with Gasteiger partial charge in [0.15, 0.2) is 0 Å². The molecule has 1 fully saturated rings. The van der Waals surface area contributed by atoms with Crippen molar-refractivity contribution in [3.05, 3.63) is 35.9 Å². The van der Waals surface area contributed by atoms with Crippen LogP contribution in [0.2, 0.25) is 0 Å². The second-order valence-electron chi connectivity index (χ2n) is 11.4. The lowest BCUT2D eigenvalue weighted by Crippen LogP contribution is -2.55. The van der Waals surface area contributed by atoms with Crippen molar-refractivity contribution in [3.63, 3.8) is 0 Å². The van der Waals surface area contributed by atoms with Crippen LogP contribution < -0.4 is 10.6 Å². The SMILES string of the molecule is CCCC(C)NC(=O)C(c1ccccc1)N(C(=O)C(CC(C)C)NC(=O)OC(C)(C)C)C1CC1C. The van der Waals surface area contributed by atoms with Crippen molar-refractivity contribution in [2.24, 2.45) is 11.8 Å². The van der Waals surface area contributed by atoms with E-state index in [-0.39, 0.29) is 35.7 Å². The summed E-state index contributed by atoms with van der Waals surface area (Å²) in [6.45, 7) is 15.5. The average Bonchev–Trinajstić information content (AvgIpc) is 3.45. The molecular weight excluding hydrogens is 442 g/mol. The Bertz CT molecular complexity index is 850. The van der Waals surface area contributed by atoms with Crippen LogP contribution in [-0.2, 0) is 14.3 Å². The number of rotatable bonds is 11. The van der Waals surface area contributed by atoms with Crippen molar-refractivity contribution in [1.29, 1.82) is 0 Å². The molecule has 1 aromatic rings. The van der Waals surface area contributed by atoms with Crippen LogP contribution in [0.4, 0.5) is 4.79 Å². The highest BCUT2D eigenvalue weighted by molar-refractivity contribution is 5.92. The van der Waals surface area contributed by atoms with E-state index in [0.717, 1.165) is 24.8 Å². The first kappa shape index (κ1) is 28.7. The largest absolute Gasteiger partial charge is 0.444 e. The number of ether oxygens (including phenoxy) is 1. The minimum absolute atomic E-state index is 0.00126. The number of nitrogens with one attached hydrogen (secondary N) is 2. The Balaban J connectivity index is 2.43. The van der Waals surface area contributed by atoms with E-state index in [1.54, 1.807) is 25.7 Å². The fourth-order valence-electron chi connectivity index (χ4n) is 4.40. The maximum absolute atomic E-state index is 14.1. The maximum Gasteiger partial charge on any atom is 0.408 e. The highest BCUT2D eigenvalue weighted by atomic mass is 16.6. The fraction of sp³-hybridized carbons (Fsp3) is 0.679. The first-order chi connectivity index (χ1) is 16.3. The third-order valence-corrected chi connectivity index (χ3v) is 6.13. The molecule has 0 saturated heterocycles. The highest BCUT2D eigenvalue weighted by Crippen LogP contribution is 2.41. The summed E-state index contributed by atoms with van der Waals surface area (Å²) in [6, 6.07) is 7.83. The molecular formula is C28H45N3O4. The molecule has 196 valence electrons. The Labute approximate surface area is 211 Å². The van der Waals surface area contributed by atoms with Crippen LogP contribution in [0.1, 0.15) is 92.7 Å². The van der Waals surface area contributed by atoms with Gasteiger partial charge < -0.3 is 20.3 Å². The van der Waals surface area contributed by atoms with Crippen LogP contribution in [0.25, 0.3) is 0 Å². The molecule has 7 nitrogen and oxygen atoms in total. The van der Waals surface area contributed by atoms with Crippen LogP contribution in [-0.4, -0.2) is 46.5 Å². The van der Waals surface area contributed by atoms with Crippen LogP contribution in [0.5, 0.6) is 0 Å². The monoisotopic (exact) mass is 487 g/mol. The molecule has 5 atom stereocenters. The summed E-state index contributed by atoms with van der Waals surface area (Å²) in [5, 5.41) is 5.92. The van der Waals surface area contributed by atoms with Gasteiger partial charge >= 0.3 is 6.09 Å². The Morgan fingerprint density at radius 2 is 1.69 bits per heavy atom. The molecule has 0 aromatic heterocycles. The number of hydrogen-bond acceptors (Lipinski definition) is 4. The zero-order valence-corrected chi connectivity index (χ0v) is 22.8. The normalized spacial score (nSPS) is 19.9. The van der Waals surface area contributed by atoms with Gasteiger partial charge in [-0.3, -0.25) is 9.59 Å². The molecule has 35 heavy (non-hydrogen) atoms. The van der Waals surface area contributed by atoms with E-state index in [1.807, 2.05) is 51.1 Å². The maximum atomic E-state index is 14.1. The van der Waals surface area contributed by atoms with Gasteiger partial charge in [0.2, 0.25) is 11.8 Å². The minimum Gasteiger partial charge on any atom is -0.444 e. The Kier molecular flexibility index (Phi) is 10.2. The third-order valence-electron chi connectivity index (χ3n) is 6.13. The van der Waals surface area contributed by atoms with Gasteiger partial charge in [-0.1, -0.05) is 64.4 Å². The fourth-order valence-corrected chi connectivity index (χ4v) is 4.40. The van der Waals surface area contributed by atoms with E-state index in [4.69, 9.17) is 4.74 Å². The summed E-state index contributed by atoms with van der Waals surface area (Å²) in [7, 11) is 0. The van der Waals surface area contributed by atoms with E-state index >= 15 is 0 Å². The topological polar surface area (TPSA) is 87.7 Å². The second-order valence-corrected chi connectivity index (χ2v) is 11.4. The minimum atomic E-state index is -0.787. The van der Waals surface area contributed by atoms with Gasteiger partial charge in [-0.15, -0.1) is 0 Å². The molecule has 1 saturated carbocycles. The number of amides is 3. The highest BCUT2D eigenvalue weighted by Gasteiger charge is 2.48. The first-order valence-corrected chi connectivity index (χ1v) is 13.0. The van der Waals surface area contributed by atoms with Crippen LogP contribution >= 0.6 is 0 Å². The molecule has 0 radical (unpaired) electrons. The molecule has 2 rings (SSSR count). The van der Waals surface area contributed by atoms with Crippen LogP contribution in [0.15, 0.2) is 30.3 Å². The van der Waals surface area contributed by atoms with Gasteiger partial charge in [0, 0.05) is 12.1 Å². The molecule has 3 amide bonds. The smallest absolute Gasteiger partial charge is 0.408 e. The van der Waals surface area contributed by atoms with Crippen molar-refractivity contribution in [1.82, 2.24) is 15.5 Å². The van der Waals surface area contributed by atoms with Crippen LogP contribution in [0, 0.1) is 11.8 Å². The predicted octanol–water partition coefficient (Wildman–Crippen LogP) is 5.21. The Morgan fingerprint density at radius 1 is 1.09 bits per heavy atom. The first-order valence-electron chi connectivity index (χ1n) is 13.0. The summed E-state index contributed by atoms with van der Waals surface area (Å²) in [6.07, 6.45) is 2.46. The number of alkyl carbamates (subject to hydrolysis) is 1. The van der Waals surface area contributed by atoms with Gasteiger partial charge in [-0.05, 0) is 64.4 Å². The van der Waals surface area contributed by atoms with Crippen molar-refractivity contribution < 1.29 is 19.1 Å². The molecule has 7 heteroatoms. The van der Waals surface area contributed by atoms with Crippen molar-refractivity contribution in [2.45, 2.75) is 111 Å². The average molecular weight is 488 g/mol. The molecule has 1 aliphatic carbocycles. The molecule has 0 spiro atoms. The molecule has 0 aliphatic heterocycles. The molecule has 2 N–H and O–H groups in total. The second kappa shape index (κ2) is 12.4. The number of nitrogens with zero attached hydrogens (tertiary/aromatic N) is 1. The van der Waals surface area contributed by atoms with E-state index in [9.17, 15) is 14.4 Å². The van der Waals surface area contributed by atoms with Gasteiger partial charge in [0.25, 0.3) is 0 Å². The molecule has 1 aliphatic rings. The lowest BCUT2D eigenvalue weighted by molar-refractivity contribution is -0.144. The molecule has 5 unspecified atom stereocenters. The van der Waals surface area contributed by atoms with E-state index in [1.165, 1.54) is 0 Å². The molecule has 1 aromatic carbocycles. The summed E-state index contributed by atoms with van der Waals surface area (Å²) in [5.41, 5.74) is 0.0870. The number of carbonyl (C=O) groups excluding carboxylic acids is 3.